The van der Waals surface area contributed by atoms with Crippen molar-refractivity contribution in [2.24, 2.45) is 0 Å². The van der Waals surface area contributed by atoms with Crippen LogP contribution in [0.5, 0.6) is 11.5 Å². The van der Waals surface area contributed by atoms with Crippen LogP contribution in [0.1, 0.15) is 43.7 Å². The molecule has 0 aliphatic rings. The maximum atomic E-state index is 13.6. The lowest BCUT2D eigenvalue weighted by atomic mass is 9.88. The number of benzene rings is 2. The molecule has 0 heterocycles. The molecule has 2 rings (SSSR count). The molecule has 0 amide bonds. The first kappa shape index (κ1) is 26.0. The molecule has 0 bridgehead atoms. The van der Waals surface area contributed by atoms with Crippen molar-refractivity contribution < 1.29 is 38.8 Å². The van der Waals surface area contributed by atoms with Crippen LogP contribution in [0.2, 0.25) is 0 Å². The number of carboxylic acids is 1. The largest absolute Gasteiger partial charge is 0.492 e. The number of ether oxygens (including phenoxy) is 2. The molecule has 2 aromatic rings. The van der Waals surface area contributed by atoms with Crippen LogP contribution in [0.3, 0.4) is 0 Å². The molecule has 178 valence electrons. The van der Waals surface area contributed by atoms with Gasteiger partial charge in [0.1, 0.15) is 24.6 Å². The molecule has 8 heteroatoms. The summed E-state index contributed by atoms with van der Waals surface area (Å²) in [5.74, 6) is -1.46. The number of hydrogen-bond donors (Lipinski definition) is 3. The molecule has 7 nitrogen and oxygen atoms in total. The Morgan fingerprint density at radius 1 is 1.18 bits per heavy atom. The minimum absolute atomic E-state index is 0.0111. The van der Waals surface area contributed by atoms with Crippen LogP contribution in [-0.2, 0) is 9.59 Å². The second-order valence-electron chi connectivity index (χ2n) is 7.76. The predicted molar refractivity (Wildman–Crippen MR) is 122 cm³/mol. The topological polar surface area (TPSA) is 113 Å². The third-order valence-corrected chi connectivity index (χ3v) is 4.90. The summed E-state index contributed by atoms with van der Waals surface area (Å²) in [7, 11) is 1.47. The SMILES string of the molecule is COc1c(OCCO)cc(C(C)C)c(/C=C/C(O)CC(=O)CC(=O)O)c1-c1ccc(F)cc1. The Bertz CT molecular complexity index is 997. The lowest BCUT2D eigenvalue weighted by Crippen LogP contribution is -2.14. The van der Waals surface area contributed by atoms with Crippen LogP contribution >= 0.6 is 0 Å². The number of methoxy groups -OCH3 is 1. The Kier molecular flexibility index (Phi) is 9.57. The summed E-state index contributed by atoms with van der Waals surface area (Å²) >= 11 is 0. The Balaban J connectivity index is 2.64. The van der Waals surface area contributed by atoms with Gasteiger partial charge in [-0.15, -0.1) is 0 Å². The van der Waals surface area contributed by atoms with Gasteiger partial charge in [-0.3, -0.25) is 9.59 Å². The van der Waals surface area contributed by atoms with E-state index in [0.717, 1.165) is 5.56 Å². The van der Waals surface area contributed by atoms with Gasteiger partial charge in [0, 0.05) is 12.0 Å². The van der Waals surface area contributed by atoms with E-state index in [1.54, 1.807) is 24.3 Å². The van der Waals surface area contributed by atoms with Crippen molar-refractivity contribution in [1.29, 1.82) is 0 Å². The number of carbonyl (C=O) groups excluding carboxylic acids is 1. The lowest BCUT2D eigenvalue weighted by molar-refractivity contribution is -0.140. The summed E-state index contributed by atoms with van der Waals surface area (Å²) in [5, 5.41) is 28.2. The van der Waals surface area contributed by atoms with E-state index in [0.29, 0.717) is 28.2 Å². The molecular formula is C25H29FO7. The van der Waals surface area contributed by atoms with Crippen molar-refractivity contribution in [3.05, 3.63) is 53.4 Å². The summed E-state index contributed by atoms with van der Waals surface area (Å²) < 4.78 is 24.9. The number of carbonyl (C=O) groups is 2. The minimum atomic E-state index is -1.25. The standard InChI is InChI=1S/C25H29FO7/c1-15(2)21-14-22(33-11-10-27)25(32-3)24(16-4-6-17(26)7-5-16)20(21)9-8-18(28)12-19(29)13-23(30)31/h4-9,14-15,18,27-28H,10-13H2,1-3H3,(H,30,31)/b9-8+. The van der Waals surface area contributed by atoms with Crippen LogP contribution in [0, 0.1) is 5.82 Å². The number of halogens is 1. The number of aliphatic carboxylic acids is 1. The molecule has 0 fully saturated rings. The van der Waals surface area contributed by atoms with E-state index in [1.165, 1.54) is 25.3 Å². The van der Waals surface area contributed by atoms with Gasteiger partial charge in [-0.1, -0.05) is 38.1 Å². The maximum Gasteiger partial charge on any atom is 0.310 e. The van der Waals surface area contributed by atoms with E-state index < -0.39 is 30.1 Å². The Labute approximate surface area is 192 Å². The molecule has 2 aromatic carbocycles. The first-order valence-electron chi connectivity index (χ1n) is 10.5. The summed E-state index contributed by atoms with van der Waals surface area (Å²) in [6, 6.07) is 7.61. The van der Waals surface area contributed by atoms with Crippen LogP contribution in [0.4, 0.5) is 4.39 Å². The average Bonchev–Trinajstić information content (AvgIpc) is 2.75. The van der Waals surface area contributed by atoms with Crippen molar-refractivity contribution in [1.82, 2.24) is 0 Å². The fraction of sp³-hybridized carbons (Fsp3) is 0.360. The number of carboxylic acid groups (broad SMARTS) is 1. The van der Waals surface area contributed by atoms with Crippen LogP contribution < -0.4 is 9.47 Å². The second-order valence-corrected chi connectivity index (χ2v) is 7.76. The quantitative estimate of drug-likeness (QED) is 0.413. The number of ketones is 1. The molecule has 0 aliphatic heterocycles. The van der Waals surface area contributed by atoms with Gasteiger partial charge in [0.05, 0.1) is 19.8 Å². The zero-order chi connectivity index (χ0) is 24.5. The van der Waals surface area contributed by atoms with E-state index in [4.69, 9.17) is 14.6 Å². The molecular weight excluding hydrogens is 431 g/mol. The Hall–Kier alpha value is -3.23. The van der Waals surface area contributed by atoms with Crippen LogP contribution in [-0.4, -0.2) is 53.5 Å². The number of aliphatic hydroxyl groups is 2. The lowest BCUT2D eigenvalue weighted by Gasteiger charge is -2.22. The summed E-state index contributed by atoms with van der Waals surface area (Å²) in [6.45, 7) is 3.80. The van der Waals surface area contributed by atoms with E-state index >= 15 is 0 Å². The van der Waals surface area contributed by atoms with E-state index in [1.807, 2.05) is 13.8 Å². The van der Waals surface area contributed by atoms with E-state index in [9.17, 15) is 24.2 Å². The molecule has 1 unspecified atom stereocenters. The predicted octanol–water partition coefficient (Wildman–Crippen LogP) is 3.80. The highest BCUT2D eigenvalue weighted by atomic mass is 19.1. The van der Waals surface area contributed by atoms with Crippen molar-refractivity contribution in [3.8, 4) is 22.6 Å². The highest BCUT2D eigenvalue weighted by Gasteiger charge is 2.22. The molecule has 0 aromatic heterocycles. The smallest absolute Gasteiger partial charge is 0.310 e. The first-order chi connectivity index (χ1) is 15.7. The van der Waals surface area contributed by atoms with Gasteiger partial charge in [-0.05, 0) is 40.8 Å². The molecule has 1 atom stereocenters. The molecule has 0 spiro atoms. The van der Waals surface area contributed by atoms with Crippen molar-refractivity contribution in [2.45, 2.75) is 38.7 Å². The molecule has 0 saturated heterocycles. The fourth-order valence-corrected chi connectivity index (χ4v) is 3.45. The summed E-state index contributed by atoms with van der Waals surface area (Å²) in [6.07, 6.45) is 0.885. The van der Waals surface area contributed by atoms with Gasteiger partial charge in [0.25, 0.3) is 0 Å². The normalized spacial score (nSPS) is 12.2. The van der Waals surface area contributed by atoms with Crippen LogP contribution in [0.15, 0.2) is 36.4 Å². The van der Waals surface area contributed by atoms with Gasteiger partial charge in [0.15, 0.2) is 11.5 Å². The minimum Gasteiger partial charge on any atom is -0.492 e. The van der Waals surface area contributed by atoms with Gasteiger partial charge in [-0.25, -0.2) is 4.39 Å². The third kappa shape index (κ3) is 7.13. The third-order valence-electron chi connectivity index (χ3n) is 4.90. The second kappa shape index (κ2) is 12.1. The number of aliphatic hydroxyl groups excluding tert-OH is 2. The zero-order valence-corrected chi connectivity index (χ0v) is 18.9. The van der Waals surface area contributed by atoms with Crippen molar-refractivity contribution >= 4 is 17.8 Å². The molecule has 0 radical (unpaired) electrons. The summed E-state index contributed by atoms with van der Waals surface area (Å²) in [4.78, 5) is 22.5. The molecule has 0 saturated carbocycles. The summed E-state index contributed by atoms with van der Waals surface area (Å²) in [5.41, 5.74) is 2.75. The molecule has 3 N–H and O–H groups in total. The average molecular weight is 460 g/mol. The van der Waals surface area contributed by atoms with Gasteiger partial charge < -0.3 is 24.8 Å². The van der Waals surface area contributed by atoms with Gasteiger partial charge >= 0.3 is 5.97 Å². The van der Waals surface area contributed by atoms with Crippen molar-refractivity contribution in [3.63, 3.8) is 0 Å². The van der Waals surface area contributed by atoms with E-state index in [2.05, 4.69) is 0 Å². The number of Topliss-reactive ketones (excluding diaryl/α,β-unsaturated/α-hetero) is 1. The fourth-order valence-electron chi connectivity index (χ4n) is 3.45. The zero-order valence-electron chi connectivity index (χ0n) is 18.9. The highest BCUT2D eigenvalue weighted by molar-refractivity contribution is 5.95. The van der Waals surface area contributed by atoms with Crippen molar-refractivity contribution in [2.75, 3.05) is 20.3 Å². The molecule has 0 aliphatic carbocycles. The highest BCUT2D eigenvalue weighted by Crippen LogP contribution is 2.45. The number of rotatable bonds is 12. The number of hydrogen-bond acceptors (Lipinski definition) is 6. The van der Waals surface area contributed by atoms with Gasteiger partial charge in [0.2, 0.25) is 0 Å². The van der Waals surface area contributed by atoms with Gasteiger partial charge in [-0.2, -0.15) is 0 Å². The van der Waals surface area contributed by atoms with Crippen LogP contribution in [0.25, 0.3) is 17.2 Å². The van der Waals surface area contributed by atoms with E-state index in [-0.39, 0.29) is 25.6 Å². The maximum absolute atomic E-state index is 13.6. The monoisotopic (exact) mass is 460 g/mol. The Morgan fingerprint density at radius 3 is 2.39 bits per heavy atom. The Morgan fingerprint density at radius 2 is 1.85 bits per heavy atom. The first-order valence-corrected chi connectivity index (χ1v) is 10.5. The molecule has 33 heavy (non-hydrogen) atoms.